The lowest BCUT2D eigenvalue weighted by molar-refractivity contribution is 0.0920. The van der Waals surface area contributed by atoms with E-state index in [2.05, 4.69) is 15.2 Å². The molecule has 32 heavy (non-hydrogen) atoms. The SMILES string of the molecule is Cc1ccc(S(=O)(=O)N/N=C2\CCCc3oc(C(=O)NCc4ccccc4)c(C)c32)cc1. The van der Waals surface area contributed by atoms with Gasteiger partial charge in [0.15, 0.2) is 5.76 Å². The quantitative estimate of drug-likeness (QED) is 0.556. The number of fused-ring (bicyclic) bond motifs is 1. The first-order valence-electron chi connectivity index (χ1n) is 10.4. The molecule has 0 saturated heterocycles. The molecule has 0 unspecified atom stereocenters. The summed E-state index contributed by atoms with van der Waals surface area (Å²) in [7, 11) is -3.79. The predicted octanol–water partition coefficient (Wildman–Crippen LogP) is 3.85. The van der Waals surface area contributed by atoms with Crippen LogP contribution in [0.25, 0.3) is 0 Å². The Labute approximate surface area is 187 Å². The van der Waals surface area contributed by atoms with E-state index in [-0.39, 0.29) is 16.6 Å². The molecular formula is C24H25N3O4S. The van der Waals surface area contributed by atoms with Crippen molar-refractivity contribution >= 4 is 21.6 Å². The van der Waals surface area contributed by atoms with Crippen LogP contribution in [-0.2, 0) is 23.0 Å². The van der Waals surface area contributed by atoms with Gasteiger partial charge in [-0.3, -0.25) is 4.79 Å². The topological polar surface area (TPSA) is 101 Å². The minimum Gasteiger partial charge on any atom is -0.455 e. The highest BCUT2D eigenvalue weighted by molar-refractivity contribution is 7.89. The van der Waals surface area contributed by atoms with Crippen molar-refractivity contribution in [2.45, 2.75) is 44.6 Å². The van der Waals surface area contributed by atoms with Gasteiger partial charge < -0.3 is 9.73 Å². The number of rotatable bonds is 6. The number of hydrogen-bond acceptors (Lipinski definition) is 5. The molecule has 4 rings (SSSR count). The van der Waals surface area contributed by atoms with Crippen LogP contribution in [0.1, 0.15) is 51.4 Å². The van der Waals surface area contributed by atoms with Crippen molar-refractivity contribution in [2.24, 2.45) is 5.10 Å². The Kier molecular flexibility index (Phi) is 6.14. The van der Waals surface area contributed by atoms with Crippen LogP contribution in [0.3, 0.4) is 0 Å². The van der Waals surface area contributed by atoms with Crippen molar-refractivity contribution < 1.29 is 17.6 Å². The molecule has 0 radical (unpaired) electrons. The summed E-state index contributed by atoms with van der Waals surface area (Å²) in [4.78, 5) is 15.2. The molecule has 7 nitrogen and oxygen atoms in total. The zero-order valence-corrected chi connectivity index (χ0v) is 18.8. The summed E-state index contributed by atoms with van der Waals surface area (Å²) in [6.07, 6.45) is 2.02. The summed E-state index contributed by atoms with van der Waals surface area (Å²) in [6.45, 7) is 4.08. The average molecular weight is 452 g/mol. The van der Waals surface area contributed by atoms with Crippen LogP contribution >= 0.6 is 0 Å². The number of sulfonamides is 1. The summed E-state index contributed by atoms with van der Waals surface area (Å²) < 4.78 is 31.1. The van der Waals surface area contributed by atoms with E-state index in [1.165, 1.54) is 0 Å². The molecule has 1 heterocycles. The van der Waals surface area contributed by atoms with Crippen LogP contribution in [0.5, 0.6) is 0 Å². The zero-order valence-electron chi connectivity index (χ0n) is 18.0. The number of carbonyl (C=O) groups is 1. The Balaban J connectivity index is 1.55. The van der Waals surface area contributed by atoms with E-state index in [9.17, 15) is 13.2 Å². The molecule has 2 N–H and O–H groups in total. The Morgan fingerprint density at radius 2 is 1.75 bits per heavy atom. The molecule has 1 amide bonds. The van der Waals surface area contributed by atoms with E-state index < -0.39 is 10.0 Å². The average Bonchev–Trinajstić information content (AvgIpc) is 3.14. The molecule has 0 atom stereocenters. The van der Waals surface area contributed by atoms with Crippen molar-refractivity contribution in [3.8, 4) is 0 Å². The van der Waals surface area contributed by atoms with Gasteiger partial charge in [0.2, 0.25) is 0 Å². The van der Waals surface area contributed by atoms with Crippen molar-refractivity contribution in [2.75, 3.05) is 0 Å². The molecule has 1 aliphatic carbocycles. The second-order valence-corrected chi connectivity index (χ2v) is 9.50. The highest BCUT2D eigenvalue weighted by Crippen LogP contribution is 2.30. The van der Waals surface area contributed by atoms with Gasteiger partial charge in [0.1, 0.15) is 5.76 Å². The van der Waals surface area contributed by atoms with Crippen LogP contribution in [0.15, 0.2) is 69.0 Å². The van der Waals surface area contributed by atoms with Gasteiger partial charge in [0, 0.05) is 24.1 Å². The van der Waals surface area contributed by atoms with Crippen molar-refractivity contribution in [3.63, 3.8) is 0 Å². The minimum atomic E-state index is -3.79. The summed E-state index contributed by atoms with van der Waals surface area (Å²) in [5.41, 5.74) is 3.92. The number of nitrogens with zero attached hydrogens (tertiary/aromatic N) is 1. The van der Waals surface area contributed by atoms with Gasteiger partial charge in [0.05, 0.1) is 10.6 Å². The number of furan rings is 1. The first kappa shape index (κ1) is 21.8. The van der Waals surface area contributed by atoms with E-state index >= 15 is 0 Å². The molecule has 0 spiro atoms. The lowest BCUT2D eigenvalue weighted by Crippen LogP contribution is -2.23. The smallest absolute Gasteiger partial charge is 0.287 e. The number of hydrazone groups is 1. The normalized spacial score (nSPS) is 14.8. The number of carbonyl (C=O) groups excluding carboxylic acids is 1. The van der Waals surface area contributed by atoms with Crippen LogP contribution in [-0.4, -0.2) is 20.0 Å². The maximum Gasteiger partial charge on any atom is 0.287 e. The summed E-state index contributed by atoms with van der Waals surface area (Å²) in [6, 6.07) is 16.2. The summed E-state index contributed by atoms with van der Waals surface area (Å²) in [5.74, 6) is 0.592. The fourth-order valence-corrected chi connectivity index (χ4v) is 4.57. The molecule has 2 aromatic carbocycles. The minimum absolute atomic E-state index is 0.147. The second kappa shape index (κ2) is 9.00. The van der Waals surface area contributed by atoms with E-state index in [1.54, 1.807) is 31.2 Å². The zero-order chi connectivity index (χ0) is 22.7. The van der Waals surface area contributed by atoms with Crippen molar-refractivity contribution in [3.05, 3.63) is 88.4 Å². The Hall–Kier alpha value is -3.39. The molecule has 0 bridgehead atoms. The van der Waals surface area contributed by atoms with Crippen LogP contribution in [0.2, 0.25) is 0 Å². The molecule has 3 aromatic rings. The Bertz CT molecular complexity index is 1260. The fraction of sp³-hybridized carbons (Fsp3) is 0.250. The third-order valence-electron chi connectivity index (χ3n) is 5.46. The maximum absolute atomic E-state index is 12.7. The van der Waals surface area contributed by atoms with Crippen LogP contribution < -0.4 is 10.1 Å². The molecule has 8 heteroatoms. The molecule has 1 aliphatic rings. The van der Waals surface area contributed by atoms with E-state index in [0.29, 0.717) is 42.0 Å². The molecule has 1 aromatic heterocycles. The Morgan fingerprint density at radius 3 is 2.47 bits per heavy atom. The lowest BCUT2D eigenvalue weighted by Gasteiger charge is -2.14. The Morgan fingerprint density at radius 1 is 1.03 bits per heavy atom. The van der Waals surface area contributed by atoms with Gasteiger partial charge in [-0.2, -0.15) is 18.4 Å². The van der Waals surface area contributed by atoms with Gasteiger partial charge in [-0.25, -0.2) is 0 Å². The first-order valence-corrected chi connectivity index (χ1v) is 11.9. The van der Waals surface area contributed by atoms with E-state index in [1.807, 2.05) is 37.3 Å². The number of amides is 1. The molecular weight excluding hydrogens is 426 g/mol. The molecule has 166 valence electrons. The van der Waals surface area contributed by atoms with Crippen molar-refractivity contribution in [1.82, 2.24) is 10.1 Å². The molecule has 0 fully saturated rings. The third-order valence-corrected chi connectivity index (χ3v) is 6.68. The standard InChI is InChI=1S/C24H25N3O4S/c1-16-11-13-19(14-12-16)32(29,30)27-26-20-9-6-10-21-22(20)17(2)23(31-21)24(28)25-15-18-7-4-3-5-8-18/h3-5,7-8,11-14,27H,6,9-10,15H2,1-2H3,(H,25,28)/b26-20+. The van der Waals surface area contributed by atoms with E-state index in [4.69, 9.17) is 4.42 Å². The van der Waals surface area contributed by atoms with E-state index in [0.717, 1.165) is 17.5 Å². The first-order chi connectivity index (χ1) is 15.3. The van der Waals surface area contributed by atoms with Gasteiger partial charge in [-0.15, -0.1) is 0 Å². The van der Waals surface area contributed by atoms with Gasteiger partial charge in [-0.05, 0) is 44.4 Å². The number of aryl methyl sites for hydroxylation is 2. The number of benzene rings is 2. The maximum atomic E-state index is 12.7. The monoisotopic (exact) mass is 451 g/mol. The number of nitrogens with one attached hydrogen (secondary N) is 2. The number of hydrogen-bond donors (Lipinski definition) is 2. The second-order valence-electron chi connectivity index (χ2n) is 7.84. The van der Waals surface area contributed by atoms with Gasteiger partial charge in [-0.1, -0.05) is 48.0 Å². The van der Waals surface area contributed by atoms with Crippen LogP contribution in [0, 0.1) is 13.8 Å². The van der Waals surface area contributed by atoms with Gasteiger partial charge in [0.25, 0.3) is 15.9 Å². The third kappa shape index (κ3) is 4.60. The summed E-state index contributed by atoms with van der Waals surface area (Å²) >= 11 is 0. The van der Waals surface area contributed by atoms with Crippen LogP contribution in [0.4, 0.5) is 0 Å². The van der Waals surface area contributed by atoms with Gasteiger partial charge >= 0.3 is 0 Å². The van der Waals surface area contributed by atoms with Crippen molar-refractivity contribution in [1.29, 1.82) is 0 Å². The summed E-state index contributed by atoms with van der Waals surface area (Å²) in [5, 5.41) is 7.09. The highest BCUT2D eigenvalue weighted by Gasteiger charge is 2.28. The molecule has 0 saturated carbocycles. The predicted molar refractivity (Wildman–Crippen MR) is 122 cm³/mol. The lowest BCUT2D eigenvalue weighted by atomic mass is 9.93. The fourth-order valence-electron chi connectivity index (χ4n) is 3.74. The largest absolute Gasteiger partial charge is 0.455 e. The highest BCUT2D eigenvalue weighted by atomic mass is 32.2. The molecule has 0 aliphatic heterocycles.